The predicted octanol–water partition coefficient (Wildman–Crippen LogP) is 6.38. The van der Waals surface area contributed by atoms with Crippen LogP contribution in [0, 0.1) is 13.8 Å². The lowest BCUT2D eigenvalue weighted by atomic mass is 10.1. The number of phenols is 1. The van der Waals surface area contributed by atoms with Crippen LogP contribution >= 0.6 is 11.8 Å². The van der Waals surface area contributed by atoms with Crippen LogP contribution in [0.5, 0.6) is 5.75 Å². The van der Waals surface area contributed by atoms with Crippen LogP contribution in [0.4, 0.5) is 0 Å². The minimum atomic E-state index is 0.451. The fraction of sp³-hybridized carbons (Fsp3) is 0.684. The Morgan fingerprint density at radius 3 is 1.95 bits per heavy atom. The molecule has 0 radical (unpaired) electrons. The van der Waals surface area contributed by atoms with Gasteiger partial charge in [-0.25, -0.2) is 0 Å². The quantitative estimate of drug-likeness (QED) is 0.478. The van der Waals surface area contributed by atoms with Crippen LogP contribution in [0.1, 0.15) is 75.0 Å². The molecule has 0 atom stereocenters. The van der Waals surface area contributed by atoms with Crippen molar-refractivity contribution in [2.24, 2.45) is 0 Å². The van der Waals surface area contributed by atoms with Crippen LogP contribution in [0.2, 0.25) is 0 Å². The highest BCUT2D eigenvalue weighted by Crippen LogP contribution is 2.25. The van der Waals surface area contributed by atoms with Crippen LogP contribution in [-0.4, -0.2) is 10.9 Å². The van der Waals surface area contributed by atoms with Gasteiger partial charge in [0.25, 0.3) is 0 Å². The minimum absolute atomic E-state index is 0.451. The van der Waals surface area contributed by atoms with Gasteiger partial charge in [-0.05, 0) is 42.7 Å². The highest BCUT2D eigenvalue weighted by molar-refractivity contribution is 7.98. The van der Waals surface area contributed by atoms with Crippen molar-refractivity contribution in [3.8, 4) is 5.75 Å². The molecule has 0 unspecified atom stereocenters. The van der Waals surface area contributed by atoms with E-state index in [0.29, 0.717) is 5.75 Å². The Kier molecular flexibility index (Phi) is 9.65. The van der Waals surface area contributed by atoms with Gasteiger partial charge in [-0.1, -0.05) is 64.0 Å². The molecule has 0 spiro atoms. The Labute approximate surface area is 135 Å². The van der Waals surface area contributed by atoms with Gasteiger partial charge < -0.3 is 5.11 Å². The van der Waals surface area contributed by atoms with Gasteiger partial charge in [0.1, 0.15) is 5.75 Å². The fourth-order valence-electron chi connectivity index (χ4n) is 2.66. The molecule has 0 heterocycles. The Bertz CT molecular complexity index is 378. The molecule has 1 nitrogen and oxygen atoms in total. The van der Waals surface area contributed by atoms with E-state index in [-0.39, 0.29) is 0 Å². The van der Waals surface area contributed by atoms with Crippen molar-refractivity contribution in [3.05, 3.63) is 28.8 Å². The van der Waals surface area contributed by atoms with Gasteiger partial charge in [-0.15, -0.1) is 0 Å². The molecule has 1 N–H and O–H groups in total. The molecule has 2 heteroatoms. The Balaban J connectivity index is 2.04. The van der Waals surface area contributed by atoms with Crippen molar-refractivity contribution in [1.29, 1.82) is 0 Å². The topological polar surface area (TPSA) is 20.2 Å². The smallest absolute Gasteiger partial charge is 0.121 e. The molecule has 0 fully saturated rings. The number of aryl methyl sites for hydroxylation is 2. The van der Waals surface area contributed by atoms with Crippen LogP contribution < -0.4 is 0 Å². The molecule has 0 bridgehead atoms. The molecular weight excluding hydrogens is 276 g/mol. The summed E-state index contributed by atoms with van der Waals surface area (Å²) >= 11 is 2.02. The number of thioether (sulfide) groups is 1. The summed E-state index contributed by atoms with van der Waals surface area (Å²) in [7, 11) is 0. The normalized spacial score (nSPS) is 11.0. The maximum absolute atomic E-state index is 9.77. The first-order valence-corrected chi connectivity index (χ1v) is 9.67. The first-order chi connectivity index (χ1) is 10.1. The standard InChI is InChI=1S/C19H32OS/c1-4-5-6-7-8-9-10-11-12-21-15-18-13-16(2)19(20)17(3)14-18/h13-14,20H,4-12,15H2,1-3H3. The van der Waals surface area contributed by atoms with E-state index in [9.17, 15) is 5.11 Å². The van der Waals surface area contributed by atoms with Gasteiger partial charge >= 0.3 is 0 Å². The molecule has 0 aliphatic heterocycles. The van der Waals surface area contributed by atoms with Crippen molar-refractivity contribution in [2.45, 2.75) is 77.9 Å². The van der Waals surface area contributed by atoms with Gasteiger partial charge in [-0.2, -0.15) is 11.8 Å². The third-order valence-electron chi connectivity index (χ3n) is 3.96. The van der Waals surface area contributed by atoms with Crippen LogP contribution in [-0.2, 0) is 5.75 Å². The van der Waals surface area contributed by atoms with Crippen molar-refractivity contribution in [2.75, 3.05) is 5.75 Å². The largest absolute Gasteiger partial charge is 0.507 e. The zero-order valence-electron chi connectivity index (χ0n) is 14.1. The SMILES string of the molecule is CCCCCCCCCCSCc1cc(C)c(O)c(C)c1. The Morgan fingerprint density at radius 2 is 1.38 bits per heavy atom. The van der Waals surface area contributed by atoms with E-state index in [1.807, 2.05) is 25.6 Å². The summed E-state index contributed by atoms with van der Waals surface area (Å²) in [5, 5.41) is 9.77. The molecule has 1 rings (SSSR count). The lowest BCUT2D eigenvalue weighted by Gasteiger charge is -2.08. The monoisotopic (exact) mass is 308 g/mol. The molecule has 21 heavy (non-hydrogen) atoms. The molecule has 0 saturated carbocycles. The van der Waals surface area contributed by atoms with E-state index in [2.05, 4.69) is 19.1 Å². The molecule has 1 aromatic rings. The van der Waals surface area contributed by atoms with Gasteiger partial charge in [0.05, 0.1) is 0 Å². The van der Waals surface area contributed by atoms with Crippen molar-refractivity contribution in [3.63, 3.8) is 0 Å². The average molecular weight is 309 g/mol. The summed E-state index contributed by atoms with van der Waals surface area (Å²) < 4.78 is 0. The summed E-state index contributed by atoms with van der Waals surface area (Å²) in [6.07, 6.45) is 11.1. The molecule has 120 valence electrons. The second-order valence-electron chi connectivity index (χ2n) is 6.11. The van der Waals surface area contributed by atoms with Crippen LogP contribution in [0.25, 0.3) is 0 Å². The molecular formula is C19H32OS. The van der Waals surface area contributed by atoms with E-state index >= 15 is 0 Å². The zero-order chi connectivity index (χ0) is 15.5. The number of hydrogen-bond donors (Lipinski definition) is 1. The minimum Gasteiger partial charge on any atom is -0.507 e. The van der Waals surface area contributed by atoms with Gasteiger partial charge in [0.15, 0.2) is 0 Å². The van der Waals surface area contributed by atoms with Gasteiger partial charge in [0.2, 0.25) is 0 Å². The van der Waals surface area contributed by atoms with Crippen molar-refractivity contribution in [1.82, 2.24) is 0 Å². The summed E-state index contributed by atoms with van der Waals surface area (Å²) in [5.74, 6) is 2.78. The zero-order valence-corrected chi connectivity index (χ0v) is 14.9. The summed E-state index contributed by atoms with van der Waals surface area (Å²) in [6.45, 7) is 6.23. The first kappa shape index (κ1) is 18.4. The predicted molar refractivity (Wildman–Crippen MR) is 96.4 cm³/mol. The van der Waals surface area contributed by atoms with E-state index < -0.39 is 0 Å². The maximum atomic E-state index is 9.77. The summed E-state index contributed by atoms with van der Waals surface area (Å²) in [5.41, 5.74) is 3.34. The van der Waals surface area contributed by atoms with Gasteiger partial charge in [-0.3, -0.25) is 0 Å². The molecule has 0 aromatic heterocycles. The summed E-state index contributed by atoms with van der Waals surface area (Å²) in [6, 6.07) is 4.23. The third-order valence-corrected chi connectivity index (χ3v) is 5.08. The number of rotatable bonds is 11. The first-order valence-electron chi connectivity index (χ1n) is 8.52. The van der Waals surface area contributed by atoms with E-state index in [4.69, 9.17) is 0 Å². The van der Waals surface area contributed by atoms with Crippen molar-refractivity contribution < 1.29 is 5.11 Å². The van der Waals surface area contributed by atoms with E-state index in [0.717, 1.165) is 16.9 Å². The second kappa shape index (κ2) is 11.0. The molecule has 1 aromatic carbocycles. The Morgan fingerprint density at radius 1 is 0.857 bits per heavy atom. The average Bonchev–Trinajstić information content (AvgIpc) is 2.46. The van der Waals surface area contributed by atoms with Crippen LogP contribution in [0.15, 0.2) is 12.1 Å². The Hall–Kier alpha value is -0.630. The highest BCUT2D eigenvalue weighted by atomic mass is 32.2. The summed E-state index contributed by atoms with van der Waals surface area (Å²) in [4.78, 5) is 0. The third kappa shape index (κ3) is 7.80. The van der Waals surface area contributed by atoms with Gasteiger partial charge in [0, 0.05) is 5.75 Å². The number of aromatic hydroxyl groups is 1. The highest BCUT2D eigenvalue weighted by Gasteiger charge is 2.03. The number of phenolic OH excluding ortho intramolecular Hbond substituents is 1. The van der Waals surface area contributed by atoms with E-state index in [1.54, 1.807) is 0 Å². The molecule has 0 aliphatic rings. The van der Waals surface area contributed by atoms with E-state index in [1.165, 1.54) is 62.7 Å². The van der Waals surface area contributed by atoms with Crippen LogP contribution in [0.3, 0.4) is 0 Å². The maximum Gasteiger partial charge on any atom is 0.121 e. The lowest BCUT2D eigenvalue weighted by Crippen LogP contribution is -1.89. The van der Waals surface area contributed by atoms with Crippen molar-refractivity contribution >= 4 is 11.8 Å². The number of hydrogen-bond acceptors (Lipinski definition) is 2. The number of benzene rings is 1. The lowest BCUT2D eigenvalue weighted by molar-refractivity contribution is 0.466. The molecule has 0 saturated heterocycles. The molecule has 0 aliphatic carbocycles. The fourth-order valence-corrected chi connectivity index (χ4v) is 3.61. The second-order valence-corrected chi connectivity index (χ2v) is 7.21. The molecule has 0 amide bonds. The number of unbranched alkanes of at least 4 members (excludes halogenated alkanes) is 7.